The fourth-order valence-corrected chi connectivity index (χ4v) is 3.32. The van der Waals surface area contributed by atoms with E-state index in [0.717, 1.165) is 0 Å². The van der Waals surface area contributed by atoms with Gasteiger partial charge in [0.1, 0.15) is 11.5 Å². The van der Waals surface area contributed by atoms with E-state index >= 15 is 0 Å². The quantitative estimate of drug-likeness (QED) is 0.750. The third kappa shape index (κ3) is 5.19. The number of methoxy groups -OCH3 is 2. The van der Waals surface area contributed by atoms with Crippen LogP contribution in [0, 0.1) is 0 Å². The molecule has 0 atom stereocenters. The smallest absolute Gasteiger partial charge is 0.303 e. The predicted molar refractivity (Wildman–Crippen MR) is 80.8 cm³/mol. The summed E-state index contributed by atoms with van der Waals surface area (Å²) in [4.78, 5) is 10.6. The molecule has 8 heteroatoms. The van der Waals surface area contributed by atoms with Crippen LogP contribution in [0.3, 0.4) is 0 Å². The number of benzene rings is 1. The minimum Gasteiger partial charge on any atom is -0.497 e. The summed E-state index contributed by atoms with van der Waals surface area (Å²) in [6.45, 7) is 3.26. The molecule has 0 fully saturated rings. The zero-order valence-electron chi connectivity index (χ0n) is 13.0. The molecule has 1 rings (SSSR count). The number of carbonyl (C=O) groups is 1. The van der Waals surface area contributed by atoms with E-state index in [1.54, 1.807) is 19.9 Å². The second-order valence-corrected chi connectivity index (χ2v) is 7.11. The highest BCUT2D eigenvalue weighted by Crippen LogP contribution is 2.26. The highest BCUT2D eigenvalue weighted by Gasteiger charge is 2.27. The van der Waals surface area contributed by atoms with E-state index in [1.807, 2.05) is 0 Å². The summed E-state index contributed by atoms with van der Waals surface area (Å²) >= 11 is 0. The summed E-state index contributed by atoms with van der Waals surface area (Å²) in [5.74, 6) is -0.276. The lowest BCUT2D eigenvalue weighted by atomic mass is 10.0. The van der Waals surface area contributed by atoms with E-state index in [2.05, 4.69) is 4.72 Å². The molecule has 22 heavy (non-hydrogen) atoms. The topological polar surface area (TPSA) is 102 Å². The van der Waals surface area contributed by atoms with Crippen LogP contribution in [0.5, 0.6) is 11.5 Å². The number of carboxylic acid groups (broad SMARTS) is 1. The standard InChI is InChI=1S/C14H21NO6S/c1-14(2,6-5-13(16)17)15-22(18,19)12-8-10(20-3)7-11(9-12)21-4/h7-9,15H,5-6H2,1-4H3,(H,16,17). The molecule has 1 aromatic carbocycles. The van der Waals surface area contributed by atoms with E-state index < -0.39 is 21.5 Å². The van der Waals surface area contributed by atoms with Gasteiger partial charge in [0, 0.05) is 30.2 Å². The van der Waals surface area contributed by atoms with Gasteiger partial charge in [0.15, 0.2) is 0 Å². The molecule has 0 radical (unpaired) electrons. The van der Waals surface area contributed by atoms with Crippen molar-refractivity contribution in [3.05, 3.63) is 18.2 Å². The third-order valence-electron chi connectivity index (χ3n) is 3.01. The first-order valence-electron chi connectivity index (χ1n) is 6.58. The molecule has 0 spiro atoms. The molecule has 0 heterocycles. The number of nitrogens with one attached hydrogen (secondary N) is 1. The normalized spacial score (nSPS) is 12.0. The number of hydrogen-bond donors (Lipinski definition) is 2. The first-order chi connectivity index (χ1) is 10.1. The maximum Gasteiger partial charge on any atom is 0.303 e. The molecular formula is C14H21NO6S. The minimum absolute atomic E-state index is 0.00731. The van der Waals surface area contributed by atoms with Crippen molar-refractivity contribution in [2.75, 3.05) is 14.2 Å². The lowest BCUT2D eigenvalue weighted by molar-refractivity contribution is -0.137. The molecule has 0 aromatic heterocycles. The van der Waals surface area contributed by atoms with Gasteiger partial charge in [-0.05, 0) is 20.3 Å². The van der Waals surface area contributed by atoms with Gasteiger partial charge in [-0.25, -0.2) is 13.1 Å². The molecule has 1 aromatic rings. The summed E-state index contributed by atoms with van der Waals surface area (Å²) in [6.07, 6.45) is 0.0413. The van der Waals surface area contributed by atoms with Crippen LogP contribution in [0.15, 0.2) is 23.1 Å². The first-order valence-corrected chi connectivity index (χ1v) is 8.07. The number of ether oxygens (including phenoxy) is 2. The van der Waals surface area contributed by atoms with Crippen molar-refractivity contribution in [1.29, 1.82) is 0 Å². The van der Waals surface area contributed by atoms with Gasteiger partial charge in [0.05, 0.1) is 19.1 Å². The molecule has 0 bridgehead atoms. The Labute approximate surface area is 130 Å². The van der Waals surface area contributed by atoms with E-state index in [-0.39, 0.29) is 17.7 Å². The Balaban J connectivity index is 3.06. The Morgan fingerprint density at radius 1 is 1.18 bits per heavy atom. The van der Waals surface area contributed by atoms with Crippen molar-refractivity contribution in [2.45, 2.75) is 37.1 Å². The van der Waals surface area contributed by atoms with Crippen LogP contribution < -0.4 is 14.2 Å². The number of hydrogen-bond acceptors (Lipinski definition) is 5. The fourth-order valence-electron chi connectivity index (χ4n) is 1.83. The molecule has 0 saturated carbocycles. The van der Waals surface area contributed by atoms with Gasteiger partial charge in [-0.1, -0.05) is 0 Å². The number of aliphatic carboxylic acids is 1. The number of sulfonamides is 1. The summed E-state index contributed by atoms with van der Waals surface area (Å²) in [5.41, 5.74) is -0.895. The third-order valence-corrected chi connectivity index (χ3v) is 4.69. The monoisotopic (exact) mass is 331 g/mol. The highest BCUT2D eigenvalue weighted by molar-refractivity contribution is 7.89. The molecule has 2 N–H and O–H groups in total. The van der Waals surface area contributed by atoms with Gasteiger partial charge in [0.25, 0.3) is 0 Å². The average molecular weight is 331 g/mol. The van der Waals surface area contributed by atoms with Crippen molar-refractivity contribution in [2.24, 2.45) is 0 Å². The van der Waals surface area contributed by atoms with Crippen LogP contribution in [0.25, 0.3) is 0 Å². The molecule has 7 nitrogen and oxygen atoms in total. The first kappa shape index (κ1) is 18.2. The molecule has 0 aliphatic rings. The number of carboxylic acids is 1. The number of rotatable bonds is 8. The van der Waals surface area contributed by atoms with Crippen LogP contribution in [-0.4, -0.2) is 39.3 Å². The largest absolute Gasteiger partial charge is 0.497 e. The molecule has 0 aliphatic heterocycles. The lowest BCUT2D eigenvalue weighted by Crippen LogP contribution is -2.43. The Kier molecular flexibility index (Phi) is 5.78. The minimum atomic E-state index is -3.83. The molecule has 0 unspecified atom stereocenters. The predicted octanol–water partition coefficient (Wildman–Crippen LogP) is 1.63. The zero-order valence-corrected chi connectivity index (χ0v) is 13.9. The summed E-state index contributed by atoms with van der Waals surface area (Å²) in [6, 6.07) is 4.31. The maximum absolute atomic E-state index is 12.5. The SMILES string of the molecule is COc1cc(OC)cc(S(=O)(=O)NC(C)(C)CCC(=O)O)c1. The zero-order chi connectivity index (χ0) is 17.0. The molecule has 124 valence electrons. The van der Waals surface area contributed by atoms with Crippen molar-refractivity contribution < 1.29 is 27.8 Å². The summed E-state index contributed by atoms with van der Waals surface area (Å²) < 4.78 is 37.5. The summed E-state index contributed by atoms with van der Waals surface area (Å²) in [7, 11) is -0.982. The second-order valence-electron chi connectivity index (χ2n) is 5.43. The molecular weight excluding hydrogens is 310 g/mol. The van der Waals surface area contributed by atoms with Crippen molar-refractivity contribution in [1.82, 2.24) is 4.72 Å². The average Bonchev–Trinajstić information content (AvgIpc) is 2.43. The van der Waals surface area contributed by atoms with Gasteiger partial charge in [0.2, 0.25) is 10.0 Å². The van der Waals surface area contributed by atoms with E-state index in [0.29, 0.717) is 11.5 Å². The Morgan fingerprint density at radius 2 is 1.68 bits per heavy atom. The van der Waals surface area contributed by atoms with Gasteiger partial charge in [-0.2, -0.15) is 0 Å². The van der Waals surface area contributed by atoms with E-state index in [4.69, 9.17) is 14.6 Å². The van der Waals surface area contributed by atoms with Gasteiger partial charge < -0.3 is 14.6 Å². The van der Waals surface area contributed by atoms with Crippen LogP contribution in [-0.2, 0) is 14.8 Å². The Hall–Kier alpha value is -1.80. The van der Waals surface area contributed by atoms with Gasteiger partial charge in [-0.15, -0.1) is 0 Å². The Morgan fingerprint density at radius 3 is 2.09 bits per heavy atom. The molecule has 0 amide bonds. The van der Waals surface area contributed by atoms with Crippen LogP contribution in [0.4, 0.5) is 0 Å². The van der Waals surface area contributed by atoms with Gasteiger partial charge >= 0.3 is 5.97 Å². The van der Waals surface area contributed by atoms with Crippen LogP contribution >= 0.6 is 0 Å². The highest BCUT2D eigenvalue weighted by atomic mass is 32.2. The Bertz CT molecular complexity index is 616. The summed E-state index contributed by atoms with van der Waals surface area (Å²) in [5, 5.41) is 8.72. The lowest BCUT2D eigenvalue weighted by Gasteiger charge is -2.25. The van der Waals surface area contributed by atoms with Crippen molar-refractivity contribution in [3.63, 3.8) is 0 Å². The van der Waals surface area contributed by atoms with Crippen molar-refractivity contribution >= 4 is 16.0 Å². The van der Waals surface area contributed by atoms with Crippen LogP contribution in [0.1, 0.15) is 26.7 Å². The maximum atomic E-state index is 12.5. The van der Waals surface area contributed by atoms with E-state index in [9.17, 15) is 13.2 Å². The van der Waals surface area contributed by atoms with Crippen LogP contribution in [0.2, 0.25) is 0 Å². The van der Waals surface area contributed by atoms with E-state index in [1.165, 1.54) is 26.4 Å². The van der Waals surface area contributed by atoms with Crippen molar-refractivity contribution in [3.8, 4) is 11.5 Å². The molecule has 0 saturated heterocycles. The second kappa shape index (κ2) is 6.97. The molecule has 0 aliphatic carbocycles. The van der Waals surface area contributed by atoms with Gasteiger partial charge in [-0.3, -0.25) is 4.79 Å². The fraction of sp³-hybridized carbons (Fsp3) is 0.500.